The van der Waals surface area contributed by atoms with Gasteiger partial charge in [0.2, 0.25) is 0 Å². The van der Waals surface area contributed by atoms with Gasteiger partial charge < -0.3 is 10.5 Å². The van der Waals surface area contributed by atoms with Crippen LogP contribution in [0, 0.1) is 0 Å². The summed E-state index contributed by atoms with van der Waals surface area (Å²) in [7, 11) is 0. The van der Waals surface area contributed by atoms with Gasteiger partial charge in [-0.1, -0.05) is 0 Å². The molecule has 0 spiro atoms. The van der Waals surface area contributed by atoms with E-state index in [1.165, 1.54) is 6.42 Å². The number of rotatable bonds is 2. The van der Waals surface area contributed by atoms with E-state index >= 15 is 0 Å². The summed E-state index contributed by atoms with van der Waals surface area (Å²) in [6.07, 6.45) is 4.01. The van der Waals surface area contributed by atoms with E-state index in [4.69, 9.17) is 10.5 Å². The van der Waals surface area contributed by atoms with E-state index in [1.54, 1.807) is 0 Å². The molecule has 1 aromatic rings. The number of nitrogens with two attached hydrogens (primary N) is 1. The zero-order valence-electron chi connectivity index (χ0n) is 8.71. The first-order chi connectivity index (χ1) is 7.25. The summed E-state index contributed by atoms with van der Waals surface area (Å²) in [5.74, 6) is 0.760. The van der Waals surface area contributed by atoms with Gasteiger partial charge >= 0.3 is 0 Å². The van der Waals surface area contributed by atoms with Gasteiger partial charge in [-0.3, -0.25) is 0 Å². The minimum absolute atomic E-state index is 0.126. The number of hydrogen-bond donors (Lipinski definition) is 1. The number of aromatic nitrogens is 4. The third-order valence-corrected chi connectivity index (χ3v) is 3.31. The number of nitrogens with zero attached hydrogens (tertiary/aromatic N) is 4. The Morgan fingerprint density at radius 2 is 2.40 bits per heavy atom. The van der Waals surface area contributed by atoms with Gasteiger partial charge in [0.15, 0.2) is 5.82 Å². The van der Waals surface area contributed by atoms with E-state index in [9.17, 15) is 0 Å². The molecule has 0 aromatic carbocycles. The third-order valence-electron chi connectivity index (χ3n) is 3.31. The van der Waals surface area contributed by atoms with Crippen LogP contribution in [0.15, 0.2) is 0 Å². The van der Waals surface area contributed by atoms with Gasteiger partial charge in [0, 0.05) is 0 Å². The lowest BCUT2D eigenvalue weighted by atomic mass is 9.95. The summed E-state index contributed by atoms with van der Waals surface area (Å²) in [5.41, 5.74) is 5.82. The predicted molar refractivity (Wildman–Crippen MR) is 52.0 cm³/mol. The molecule has 0 aliphatic carbocycles. The minimum Gasteiger partial charge on any atom is -0.373 e. The van der Waals surface area contributed by atoms with Crippen LogP contribution in [0.4, 0.5) is 0 Å². The second kappa shape index (κ2) is 3.24. The Morgan fingerprint density at radius 1 is 1.53 bits per heavy atom. The monoisotopic (exact) mass is 209 g/mol. The van der Waals surface area contributed by atoms with Crippen molar-refractivity contribution in [1.82, 2.24) is 20.2 Å². The maximum atomic E-state index is 5.82. The highest BCUT2D eigenvalue weighted by Crippen LogP contribution is 2.41. The minimum atomic E-state index is -0.126. The quantitative estimate of drug-likeness (QED) is 0.752. The Kier molecular flexibility index (Phi) is 2.00. The first-order valence-corrected chi connectivity index (χ1v) is 5.44. The van der Waals surface area contributed by atoms with Crippen molar-refractivity contribution in [3.63, 3.8) is 0 Å². The molecule has 82 valence electrons. The molecule has 2 saturated heterocycles. The lowest BCUT2D eigenvalue weighted by molar-refractivity contribution is 0.0913. The second-order valence-electron chi connectivity index (χ2n) is 4.45. The largest absolute Gasteiger partial charge is 0.373 e. The first kappa shape index (κ1) is 9.23. The summed E-state index contributed by atoms with van der Waals surface area (Å²) in [6, 6.07) is 0.166. The molecule has 0 amide bonds. The number of fused-ring (bicyclic) bond motifs is 2. The van der Waals surface area contributed by atoms with Crippen LogP contribution < -0.4 is 5.73 Å². The molecule has 2 bridgehead atoms. The fraction of sp³-hybridized carbons (Fsp3) is 0.889. The van der Waals surface area contributed by atoms with Gasteiger partial charge in [0.1, 0.15) is 0 Å². The standard InChI is InChI=1S/C9H15N5O/c1-5(10)9-11-12-13-14(9)7-4-6-2-3-8(7)15-6/h5-8H,2-4,10H2,1H3. The van der Waals surface area contributed by atoms with Crippen molar-refractivity contribution in [1.29, 1.82) is 0 Å². The third kappa shape index (κ3) is 1.36. The normalized spacial score (nSPS) is 36.0. The molecule has 2 fully saturated rings. The Balaban J connectivity index is 1.90. The van der Waals surface area contributed by atoms with Crippen molar-refractivity contribution in [2.45, 2.75) is 50.5 Å². The molecule has 2 aliphatic heterocycles. The Bertz CT molecular complexity index is 363. The van der Waals surface area contributed by atoms with Gasteiger partial charge in [0.05, 0.1) is 24.3 Å². The molecule has 15 heavy (non-hydrogen) atoms. The average Bonchev–Trinajstić information content (AvgIpc) is 2.92. The van der Waals surface area contributed by atoms with E-state index in [0.29, 0.717) is 12.1 Å². The molecule has 2 N–H and O–H groups in total. The molecule has 4 atom stereocenters. The molecule has 3 rings (SSSR count). The highest BCUT2D eigenvalue weighted by atomic mass is 16.5. The smallest absolute Gasteiger partial charge is 0.168 e. The van der Waals surface area contributed by atoms with E-state index in [-0.39, 0.29) is 12.1 Å². The SMILES string of the molecule is CC(N)c1nnnn1C1CC2CCC1O2. The van der Waals surface area contributed by atoms with Crippen LogP contribution >= 0.6 is 0 Å². The fourth-order valence-corrected chi connectivity index (χ4v) is 2.60. The van der Waals surface area contributed by atoms with Crippen molar-refractivity contribution in [2.75, 3.05) is 0 Å². The first-order valence-electron chi connectivity index (χ1n) is 5.44. The lowest BCUT2D eigenvalue weighted by Crippen LogP contribution is -2.26. The van der Waals surface area contributed by atoms with Crippen molar-refractivity contribution in [3.05, 3.63) is 5.82 Å². The zero-order valence-corrected chi connectivity index (χ0v) is 8.71. The lowest BCUT2D eigenvalue weighted by Gasteiger charge is -2.20. The summed E-state index contributed by atoms with van der Waals surface area (Å²) in [6.45, 7) is 1.90. The average molecular weight is 209 g/mol. The Morgan fingerprint density at radius 3 is 3.00 bits per heavy atom. The summed E-state index contributed by atoms with van der Waals surface area (Å²) >= 11 is 0. The molecular weight excluding hydrogens is 194 g/mol. The van der Waals surface area contributed by atoms with Gasteiger partial charge in [-0.05, 0) is 36.6 Å². The number of ether oxygens (including phenoxy) is 1. The summed E-state index contributed by atoms with van der Waals surface area (Å²) in [4.78, 5) is 0. The molecule has 1 aromatic heterocycles. The maximum absolute atomic E-state index is 5.82. The zero-order chi connectivity index (χ0) is 10.4. The van der Waals surface area contributed by atoms with E-state index in [2.05, 4.69) is 15.5 Å². The van der Waals surface area contributed by atoms with Gasteiger partial charge in [0.25, 0.3) is 0 Å². The predicted octanol–water partition coefficient (Wildman–Crippen LogP) is 0.185. The second-order valence-corrected chi connectivity index (χ2v) is 4.45. The molecule has 4 unspecified atom stereocenters. The molecule has 0 radical (unpaired) electrons. The summed E-state index contributed by atoms with van der Waals surface area (Å²) in [5, 5.41) is 11.7. The molecular formula is C9H15N5O. The molecule has 6 nitrogen and oxygen atoms in total. The Hall–Kier alpha value is -1.01. The molecule has 3 heterocycles. The summed E-state index contributed by atoms with van der Waals surface area (Å²) < 4.78 is 7.64. The molecule has 0 saturated carbocycles. The fourth-order valence-electron chi connectivity index (χ4n) is 2.60. The van der Waals surface area contributed by atoms with Crippen LogP contribution in [0.5, 0.6) is 0 Å². The molecule has 6 heteroatoms. The van der Waals surface area contributed by atoms with Crippen molar-refractivity contribution < 1.29 is 4.74 Å². The highest BCUT2D eigenvalue weighted by molar-refractivity contribution is 4.98. The number of hydrogen-bond acceptors (Lipinski definition) is 5. The van der Waals surface area contributed by atoms with E-state index in [1.807, 2.05) is 11.6 Å². The van der Waals surface area contributed by atoms with Crippen LogP contribution in [0.2, 0.25) is 0 Å². The van der Waals surface area contributed by atoms with Gasteiger partial charge in [-0.2, -0.15) is 0 Å². The van der Waals surface area contributed by atoms with Gasteiger partial charge in [-0.15, -0.1) is 5.10 Å². The van der Waals surface area contributed by atoms with Crippen LogP contribution in [0.3, 0.4) is 0 Å². The van der Waals surface area contributed by atoms with Crippen molar-refractivity contribution in [2.24, 2.45) is 5.73 Å². The van der Waals surface area contributed by atoms with Crippen molar-refractivity contribution >= 4 is 0 Å². The van der Waals surface area contributed by atoms with Crippen LogP contribution in [-0.2, 0) is 4.74 Å². The topological polar surface area (TPSA) is 78.9 Å². The van der Waals surface area contributed by atoms with E-state index < -0.39 is 0 Å². The number of tetrazole rings is 1. The van der Waals surface area contributed by atoms with Crippen LogP contribution in [-0.4, -0.2) is 32.4 Å². The Labute approximate surface area is 87.8 Å². The maximum Gasteiger partial charge on any atom is 0.168 e. The van der Waals surface area contributed by atoms with E-state index in [0.717, 1.165) is 18.7 Å². The van der Waals surface area contributed by atoms with Gasteiger partial charge in [-0.25, -0.2) is 4.68 Å². The highest BCUT2D eigenvalue weighted by Gasteiger charge is 2.43. The molecule has 2 aliphatic rings. The van der Waals surface area contributed by atoms with Crippen LogP contribution in [0.25, 0.3) is 0 Å². The van der Waals surface area contributed by atoms with Crippen LogP contribution in [0.1, 0.15) is 44.1 Å². The van der Waals surface area contributed by atoms with Crippen molar-refractivity contribution in [3.8, 4) is 0 Å².